The fourth-order valence-corrected chi connectivity index (χ4v) is 5.21. The third kappa shape index (κ3) is 2.42. The van der Waals surface area contributed by atoms with Crippen LogP contribution in [0.4, 0.5) is 0 Å². The summed E-state index contributed by atoms with van der Waals surface area (Å²) in [6.45, 7) is 1.75. The number of halogens is 1. The van der Waals surface area contributed by atoms with Gasteiger partial charge in [0.2, 0.25) is 0 Å². The Kier molecular flexibility index (Phi) is 3.50. The highest BCUT2D eigenvalue weighted by molar-refractivity contribution is 9.09. The summed E-state index contributed by atoms with van der Waals surface area (Å²) in [5.74, 6) is 2.52. The first kappa shape index (κ1) is 12.1. The molecule has 92 valence electrons. The molecule has 1 aromatic rings. The number of aryl methyl sites for hydroxylation is 1. The summed E-state index contributed by atoms with van der Waals surface area (Å²) in [5, 5.41) is 0. The van der Waals surface area contributed by atoms with Gasteiger partial charge in [0, 0.05) is 28.5 Å². The van der Waals surface area contributed by atoms with Crippen LogP contribution in [0.1, 0.15) is 26.5 Å². The molecule has 2 aliphatic heterocycles. The van der Waals surface area contributed by atoms with E-state index < -0.39 is 0 Å². The molecule has 0 N–H and O–H groups in total. The molecule has 0 bridgehead atoms. The van der Waals surface area contributed by atoms with Crippen LogP contribution in [0.25, 0.3) is 0 Å². The number of carbonyl (C=O) groups is 1. The molecule has 1 unspecified atom stereocenters. The average molecular weight is 332 g/mol. The molecule has 3 heterocycles. The number of thioether (sulfide) groups is 1. The van der Waals surface area contributed by atoms with Crippen molar-refractivity contribution in [1.82, 2.24) is 4.90 Å². The lowest BCUT2D eigenvalue weighted by atomic mass is 10.2. The summed E-state index contributed by atoms with van der Waals surface area (Å²) in [6, 6.07) is 2.12. The van der Waals surface area contributed by atoms with Gasteiger partial charge in [0.15, 0.2) is 0 Å². The number of fused-ring (bicyclic) bond motifs is 1. The Labute approximate surface area is 118 Å². The van der Waals surface area contributed by atoms with Crippen molar-refractivity contribution in [3.63, 3.8) is 0 Å². The van der Waals surface area contributed by atoms with E-state index in [1.807, 2.05) is 16.7 Å². The fourth-order valence-electron chi connectivity index (χ4n) is 2.31. The van der Waals surface area contributed by atoms with Gasteiger partial charge in [-0.1, -0.05) is 15.9 Å². The van der Waals surface area contributed by atoms with Crippen LogP contribution in [0, 0.1) is 0 Å². The van der Waals surface area contributed by atoms with Crippen molar-refractivity contribution in [3.8, 4) is 0 Å². The summed E-state index contributed by atoms with van der Waals surface area (Å²) in [4.78, 5) is 17.2. The van der Waals surface area contributed by atoms with Crippen molar-refractivity contribution < 1.29 is 4.79 Å². The van der Waals surface area contributed by atoms with E-state index in [2.05, 4.69) is 22.0 Å². The molecule has 1 fully saturated rings. The van der Waals surface area contributed by atoms with Gasteiger partial charge in [-0.3, -0.25) is 4.79 Å². The largest absolute Gasteiger partial charge is 0.337 e. The van der Waals surface area contributed by atoms with E-state index in [0.29, 0.717) is 4.83 Å². The molecule has 1 aromatic heterocycles. The Hall–Kier alpha value is -0.000000000000000167. The number of thiophene rings is 1. The van der Waals surface area contributed by atoms with Gasteiger partial charge < -0.3 is 4.90 Å². The van der Waals surface area contributed by atoms with Crippen molar-refractivity contribution in [3.05, 3.63) is 21.4 Å². The number of alkyl halides is 1. The lowest BCUT2D eigenvalue weighted by Gasteiger charge is -2.13. The van der Waals surface area contributed by atoms with E-state index in [4.69, 9.17) is 0 Å². The quantitative estimate of drug-likeness (QED) is 0.737. The van der Waals surface area contributed by atoms with Crippen LogP contribution in [0.3, 0.4) is 0 Å². The maximum absolute atomic E-state index is 12.3. The minimum atomic E-state index is 0.233. The van der Waals surface area contributed by atoms with Crippen LogP contribution in [0.5, 0.6) is 0 Å². The molecular weight excluding hydrogens is 318 g/mol. The average Bonchev–Trinajstić information content (AvgIpc) is 2.93. The SMILES string of the molecule is O=C(c1cc2c(s1)CCSC2)N1CCC(Br)C1. The summed E-state index contributed by atoms with van der Waals surface area (Å²) in [7, 11) is 0. The second-order valence-corrected chi connectivity index (χ2v) is 8.04. The van der Waals surface area contributed by atoms with Crippen LogP contribution in [0.15, 0.2) is 6.07 Å². The van der Waals surface area contributed by atoms with Crippen molar-refractivity contribution >= 4 is 44.9 Å². The summed E-state index contributed by atoms with van der Waals surface area (Å²) in [6.07, 6.45) is 2.21. The zero-order valence-corrected chi connectivity index (χ0v) is 12.7. The molecule has 0 saturated carbocycles. The molecule has 0 spiro atoms. The zero-order valence-electron chi connectivity index (χ0n) is 9.45. The Bertz CT molecular complexity index is 422. The van der Waals surface area contributed by atoms with Crippen LogP contribution in [0.2, 0.25) is 0 Å². The summed E-state index contributed by atoms with van der Waals surface area (Å²) in [5.41, 5.74) is 1.39. The van der Waals surface area contributed by atoms with Crippen LogP contribution < -0.4 is 0 Å². The lowest BCUT2D eigenvalue weighted by Crippen LogP contribution is -2.28. The molecule has 0 radical (unpaired) electrons. The predicted molar refractivity (Wildman–Crippen MR) is 77.4 cm³/mol. The molecule has 2 aliphatic rings. The number of likely N-dealkylation sites (tertiary alicyclic amines) is 1. The molecule has 1 atom stereocenters. The lowest BCUT2D eigenvalue weighted by molar-refractivity contribution is 0.0798. The van der Waals surface area contributed by atoms with Gasteiger partial charge in [-0.25, -0.2) is 0 Å². The highest BCUT2D eigenvalue weighted by Crippen LogP contribution is 2.32. The first-order valence-electron chi connectivity index (χ1n) is 5.86. The number of nitrogens with zero attached hydrogens (tertiary/aromatic N) is 1. The van der Waals surface area contributed by atoms with Crippen molar-refractivity contribution in [2.75, 3.05) is 18.8 Å². The predicted octanol–water partition coefficient (Wildman–Crippen LogP) is 3.15. The number of hydrogen-bond donors (Lipinski definition) is 0. The van der Waals surface area contributed by atoms with E-state index in [0.717, 1.165) is 36.6 Å². The second kappa shape index (κ2) is 4.94. The molecule has 2 nitrogen and oxygen atoms in total. The summed E-state index contributed by atoms with van der Waals surface area (Å²) < 4.78 is 0. The highest BCUT2D eigenvalue weighted by Gasteiger charge is 2.27. The van der Waals surface area contributed by atoms with E-state index in [1.165, 1.54) is 16.2 Å². The highest BCUT2D eigenvalue weighted by atomic mass is 79.9. The molecule has 1 amide bonds. The van der Waals surface area contributed by atoms with Crippen molar-refractivity contribution in [2.24, 2.45) is 0 Å². The van der Waals surface area contributed by atoms with Gasteiger partial charge in [0.25, 0.3) is 5.91 Å². The minimum absolute atomic E-state index is 0.233. The van der Waals surface area contributed by atoms with E-state index in [1.54, 1.807) is 11.3 Å². The normalized spacial score (nSPS) is 23.8. The molecule has 3 rings (SSSR count). The van der Waals surface area contributed by atoms with Crippen LogP contribution in [-0.2, 0) is 12.2 Å². The van der Waals surface area contributed by atoms with E-state index in [9.17, 15) is 4.79 Å². The standard InChI is InChI=1S/C12H14BrNOS2/c13-9-1-3-14(6-9)12(15)11-5-8-7-16-4-2-10(8)17-11/h5,9H,1-4,6-7H2. The van der Waals surface area contributed by atoms with Crippen molar-refractivity contribution in [1.29, 1.82) is 0 Å². The maximum atomic E-state index is 12.3. The monoisotopic (exact) mass is 331 g/mol. The smallest absolute Gasteiger partial charge is 0.263 e. The molecule has 1 saturated heterocycles. The fraction of sp³-hybridized carbons (Fsp3) is 0.583. The van der Waals surface area contributed by atoms with E-state index >= 15 is 0 Å². The van der Waals surface area contributed by atoms with Gasteiger partial charge in [-0.15, -0.1) is 11.3 Å². The van der Waals surface area contributed by atoms with Gasteiger partial charge >= 0.3 is 0 Å². The second-order valence-electron chi connectivity index (χ2n) is 4.50. The van der Waals surface area contributed by atoms with Gasteiger partial charge in [0.1, 0.15) is 0 Å². The number of carbonyl (C=O) groups excluding carboxylic acids is 1. The molecular formula is C12H14BrNOS2. The van der Waals surface area contributed by atoms with Crippen molar-refractivity contribution in [2.45, 2.75) is 23.4 Å². The third-order valence-electron chi connectivity index (χ3n) is 3.26. The van der Waals surface area contributed by atoms with Gasteiger partial charge in [-0.2, -0.15) is 11.8 Å². The Balaban J connectivity index is 1.79. The first-order valence-corrected chi connectivity index (χ1v) is 8.75. The van der Waals surface area contributed by atoms with E-state index in [-0.39, 0.29) is 5.91 Å². The Morgan fingerprint density at radius 2 is 2.41 bits per heavy atom. The molecule has 0 aromatic carbocycles. The number of hydrogen-bond acceptors (Lipinski definition) is 3. The first-order chi connectivity index (χ1) is 8.24. The van der Waals surface area contributed by atoms with Gasteiger partial charge in [0.05, 0.1) is 4.88 Å². The van der Waals surface area contributed by atoms with Gasteiger partial charge in [-0.05, 0) is 30.2 Å². The zero-order chi connectivity index (χ0) is 11.8. The number of amides is 1. The third-order valence-corrected chi connectivity index (χ3v) is 6.24. The Morgan fingerprint density at radius 3 is 3.12 bits per heavy atom. The number of rotatable bonds is 1. The van der Waals surface area contributed by atoms with Crippen LogP contribution in [-0.4, -0.2) is 34.5 Å². The summed E-state index contributed by atoms with van der Waals surface area (Å²) >= 11 is 7.26. The Morgan fingerprint density at radius 1 is 1.53 bits per heavy atom. The molecule has 0 aliphatic carbocycles. The molecule has 17 heavy (non-hydrogen) atoms. The molecule has 5 heteroatoms. The van der Waals surface area contributed by atoms with Crippen LogP contribution >= 0.6 is 39.0 Å². The topological polar surface area (TPSA) is 20.3 Å². The minimum Gasteiger partial charge on any atom is -0.337 e. The maximum Gasteiger partial charge on any atom is 0.263 e.